The number of hydrogen-bond acceptors (Lipinski definition) is 6. The van der Waals surface area contributed by atoms with E-state index >= 15 is 0 Å². The van der Waals surface area contributed by atoms with E-state index in [9.17, 15) is 9.59 Å². The van der Waals surface area contributed by atoms with Gasteiger partial charge in [0.05, 0.1) is 34.2 Å². The molecule has 0 saturated carbocycles. The number of ether oxygens (including phenoxy) is 1. The Hall–Kier alpha value is -3.49. The van der Waals surface area contributed by atoms with Crippen LogP contribution in [0.15, 0.2) is 60.9 Å². The summed E-state index contributed by atoms with van der Waals surface area (Å²) in [6, 6.07) is 14.3. The van der Waals surface area contributed by atoms with Gasteiger partial charge in [0.1, 0.15) is 12.4 Å². The molecule has 0 bridgehead atoms. The van der Waals surface area contributed by atoms with Crippen LogP contribution in [-0.4, -0.2) is 65.0 Å². The van der Waals surface area contributed by atoms with Crippen molar-refractivity contribution < 1.29 is 14.3 Å². The van der Waals surface area contributed by atoms with E-state index in [1.807, 2.05) is 37.4 Å². The molecule has 1 aliphatic rings. The standard InChI is InChI=1S/C24H24ClN5O3/c1-29-9-11-30(12-10-29)24(32)19-14-22(33-16-17-5-3-2-4-6-17)20(13-21(19)25)23(31)28-18-7-8-26-27-15-18/h2-8,13-15H,9-12,16H2,1H3,(H,26,28,31). The molecule has 0 spiro atoms. The molecule has 1 aliphatic heterocycles. The molecular formula is C24H24ClN5O3. The van der Waals surface area contributed by atoms with Gasteiger partial charge in [0.25, 0.3) is 11.8 Å². The van der Waals surface area contributed by atoms with E-state index in [1.165, 1.54) is 18.5 Å². The molecule has 0 aliphatic carbocycles. The number of carbonyl (C=O) groups excluding carboxylic acids is 2. The zero-order chi connectivity index (χ0) is 23.2. The summed E-state index contributed by atoms with van der Waals surface area (Å²) in [5.74, 6) is -0.324. The average Bonchev–Trinajstić information content (AvgIpc) is 2.84. The topological polar surface area (TPSA) is 87.7 Å². The highest BCUT2D eigenvalue weighted by atomic mass is 35.5. The highest BCUT2D eigenvalue weighted by molar-refractivity contribution is 6.34. The number of anilines is 1. The van der Waals surface area contributed by atoms with Crippen LogP contribution in [-0.2, 0) is 6.61 Å². The molecule has 9 heteroatoms. The fourth-order valence-corrected chi connectivity index (χ4v) is 3.74. The number of amides is 2. The predicted molar refractivity (Wildman–Crippen MR) is 126 cm³/mol. The number of carbonyl (C=O) groups is 2. The van der Waals surface area contributed by atoms with E-state index in [4.69, 9.17) is 16.3 Å². The maximum absolute atomic E-state index is 13.2. The SMILES string of the molecule is CN1CCN(C(=O)c2cc(OCc3ccccc3)c(C(=O)Nc3ccnnc3)cc2Cl)CC1. The Labute approximate surface area is 197 Å². The van der Waals surface area contributed by atoms with Crippen LogP contribution in [0.2, 0.25) is 5.02 Å². The van der Waals surface area contributed by atoms with Gasteiger partial charge in [-0.05, 0) is 30.8 Å². The van der Waals surface area contributed by atoms with Crippen molar-refractivity contribution in [3.63, 3.8) is 0 Å². The largest absolute Gasteiger partial charge is 0.488 e. The van der Waals surface area contributed by atoms with Gasteiger partial charge < -0.3 is 19.9 Å². The highest BCUT2D eigenvalue weighted by Gasteiger charge is 2.25. The summed E-state index contributed by atoms with van der Waals surface area (Å²) in [5, 5.41) is 10.4. The monoisotopic (exact) mass is 465 g/mol. The van der Waals surface area contributed by atoms with Crippen LogP contribution in [0.3, 0.4) is 0 Å². The van der Waals surface area contributed by atoms with Crippen LogP contribution in [0.1, 0.15) is 26.3 Å². The van der Waals surface area contributed by atoms with Crippen LogP contribution >= 0.6 is 11.6 Å². The molecule has 1 fully saturated rings. The van der Waals surface area contributed by atoms with Crippen LogP contribution in [0.4, 0.5) is 5.69 Å². The molecule has 1 saturated heterocycles. The number of nitrogens with zero attached hydrogens (tertiary/aromatic N) is 4. The van der Waals surface area contributed by atoms with Crippen molar-refractivity contribution in [1.82, 2.24) is 20.0 Å². The zero-order valence-electron chi connectivity index (χ0n) is 18.2. The number of piperazine rings is 1. The molecule has 3 aromatic rings. The molecule has 4 rings (SSSR count). The van der Waals surface area contributed by atoms with Crippen molar-refractivity contribution in [3.8, 4) is 5.75 Å². The summed E-state index contributed by atoms with van der Waals surface area (Å²) >= 11 is 6.49. The molecule has 0 unspecified atom stereocenters. The lowest BCUT2D eigenvalue weighted by molar-refractivity contribution is 0.0663. The van der Waals surface area contributed by atoms with Crippen LogP contribution in [0, 0.1) is 0 Å². The Morgan fingerprint density at radius 3 is 2.48 bits per heavy atom. The van der Waals surface area contributed by atoms with Gasteiger partial charge in [0.2, 0.25) is 0 Å². The molecule has 8 nitrogen and oxygen atoms in total. The van der Waals surface area contributed by atoms with Crippen molar-refractivity contribution in [1.29, 1.82) is 0 Å². The first-order chi connectivity index (χ1) is 16.0. The normalized spacial score (nSPS) is 14.1. The molecule has 0 atom stereocenters. The van der Waals surface area contributed by atoms with E-state index in [2.05, 4.69) is 20.4 Å². The summed E-state index contributed by atoms with van der Waals surface area (Å²) in [7, 11) is 2.02. The number of rotatable bonds is 6. The zero-order valence-corrected chi connectivity index (χ0v) is 19.0. The number of likely N-dealkylation sites (N-methyl/N-ethyl adjacent to an activating group) is 1. The first-order valence-electron chi connectivity index (χ1n) is 10.6. The predicted octanol–water partition coefficient (Wildman–Crippen LogP) is 3.35. The minimum absolute atomic E-state index is 0.178. The van der Waals surface area contributed by atoms with Crippen molar-refractivity contribution in [3.05, 3.63) is 82.6 Å². The fraction of sp³-hybridized carbons (Fsp3) is 0.250. The number of halogens is 1. The van der Waals surface area contributed by atoms with Crippen molar-refractivity contribution in [2.45, 2.75) is 6.61 Å². The van der Waals surface area contributed by atoms with E-state index in [1.54, 1.807) is 17.0 Å². The Morgan fingerprint density at radius 1 is 1.03 bits per heavy atom. The first kappa shape index (κ1) is 22.7. The van der Waals surface area contributed by atoms with E-state index in [0.29, 0.717) is 24.3 Å². The van der Waals surface area contributed by atoms with Gasteiger partial charge in [0, 0.05) is 26.2 Å². The quantitative estimate of drug-likeness (QED) is 0.600. The lowest BCUT2D eigenvalue weighted by atomic mass is 10.1. The molecule has 2 aromatic carbocycles. The van der Waals surface area contributed by atoms with Crippen molar-refractivity contribution in [2.75, 3.05) is 38.5 Å². The van der Waals surface area contributed by atoms with Crippen LogP contribution in [0.5, 0.6) is 5.75 Å². The molecule has 2 heterocycles. The summed E-state index contributed by atoms with van der Waals surface area (Å²) < 4.78 is 6.01. The number of aromatic nitrogens is 2. The minimum Gasteiger partial charge on any atom is -0.488 e. The first-order valence-corrected chi connectivity index (χ1v) is 10.9. The Balaban J connectivity index is 1.63. The van der Waals surface area contributed by atoms with Gasteiger partial charge in [-0.25, -0.2) is 0 Å². The van der Waals surface area contributed by atoms with Crippen LogP contribution in [0.25, 0.3) is 0 Å². The second-order valence-electron chi connectivity index (χ2n) is 7.78. The third kappa shape index (κ3) is 5.66. The third-order valence-corrected chi connectivity index (χ3v) is 5.73. The molecular weight excluding hydrogens is 442 g/mol. The second-order valence-corrected chi connectivity index (χ2v) is 8.19. The summed E-state index contributed by atoms with van der Waals surface area (Å²) in [6.45, 7) is 3.05. The van der Waals surface area contributed by atoms with Crippen molar-refractivity contribution in [2.24, 2.45) is 0 Å². The highest BCUT2D eigenvalue weighted by Crippen LogP contribution is 2.30. The van der Waals surface area contributed by atoms with Crippen LogP contribution < -0.4 is 10.1 Å². The number of nitrogens with one attached hydrogen (secondary N) is 1. The van der Waals surface area contributed by atoms with Gasteiger partial charge in [-0.2, -0.15) is 10.2 Å². The maximum atomic E-state index is 13.2. The average molecular weight is 466 g/mol. The van der Waals surface area contributed by atoms with E-state index in [0.717, 1.165) is 18.7 Å². The Bertz CT molecular complexity index is 1120. The molecule has 33 heavy (non-hydrogen) atoms. The molecule has 0 radical (unpaired) electrons. The van der Waals surface area contributed by atoms with Gasteiger partial charge >= 0.3 is 0 Å². The van der Waals surface area contributed by atoms with E-state index in [-0.39, 0.29) is 28.8 Å². The minimum atomic E-state index is -0.424. The van der Waals surface area contributed by atoms with Gasteiger partial charge in [-0.15, -0.1) is 0 Å². The van der Waals surface area contributed by atoms with Crippen molar-refractivity contribution >= 4 is 29.1 Å². The fourth-order valence-electron chi connectivity index (χ4n) is 3.49. The maximum Gasteiger partial charge on any atom is 0.259 e. The van der Waals surface area contributed by atoms with Gasteiger partial charge in [-0.1, -0.05) is 41.9 Å². The lowest BCUT2D eigenvalue weighted by Crippen LogP contribution is -2.47. The van der Waals surface area contributed by atoms with E-state index < -0.39 is 5.91 Å². The Morgan fingerprint density at radius 2 is 1.79 bits per heavy atom. The Kier molecular flexibility index (Phi) is 7.16. The van der Waals surface area contributed by atoms with Gasteiger partial charge in [0.15, 0.2) is 0 Å². The molecule has 2 amide bonds. The molecule has 170 valence electrons. The summed E-state index contributed by atoms with van der Waals surface area (Å²) in [6.07, 6.45) is 2.92. The second kappa shape index (κ2) is 10.4. The summed E-state index contributed by atoms with van der Waals surface area (Å²) in [4.78, 5) is 30.1. The molecule has 1 N–H and O–H groups in total. The molecule has 1 aromatic heterocycles. The third-order valence-electron chi connectivity index (χ3n) is 5.41. The summed E-state index contributed by atoms with van der Waals surface area (Å²) in [5.41, 5.74) is 1.95. The number of benzene rings is 2. The smallest absolute Gasteiger partial charge is 0.259 e. The number of hydrogen-bond donors (Lipinski definition) is 1. The van der Waals surface area contributed by atoms with Gasteiger partial charge in [-0.3, -0.25) is 9.59 Å². The lowest BCUT2D eigenvalue weighted by Gasteiger charge is -2.32.